The number of likely N-dealkylation sites (N-methyl/N-ethyl adjacent to an activating group) is 1. The van der Waals surface area contributed by atoms with E-state index in [4.69, 9.17) is 0 Å². The molecule has 0 radical (unpaired) electrons. The van der Waals surface area contributed by atoms with Crippen LogP contribution in [0.2, 0.25) is 0 Å². The fraction of sp³-hybridized carbons (Fsp3) is 0.500. The lowest BCUT2D eigenvalue weighted by Gasteiger charge is -2.36. The first-order valence-corrected chi connectivity index (χ1v) is 15.9. The second-order valence-corrected chi connectivity index (χ2v) is 12.2. The number of hydrogen-bond acceptors (Lipinski definition) is 6. The van der Waals surface area contributed by atoms with E-state index >= 15 is 0 Å². The van der Waals surface area contributed by atoms with Crippen LogP contribution in [0.5, 0.6) is 0 Å². The van der Waals surface area contributed by atoms with Crippen LogP contribution in [0.4, 0.5) is 0 Å². The summed E-state index contributed by atoms with van der Waals surface area (Å²) in [6.07, 6.45) is 8.50. The summed E-state index contributed by atoms with van der Waals surface area (Å²) in [5, 5.41) is 17.4. The third-order valence-corrected chi connectivity index (χ3v) is 9.02. The van der Waals surface area contributed by atoms with E-state index in [0.29, 0.717) is 12.8 Å². The molecule has 44 heavy (non-hydrogen) atoms. The van der Waals surface area contributed by atoms with Crippen molar-refractivity contribution in [2.24, 2.45) is 0 Å². The van der Waals surface area contributed by atoms with Crippen LogP contribution >= 0.6 is 0 Å². The number of nitrogens with zero attached hydrogens (tertiary/aromatic N) is 4. The molecule has 3 aromatic rings. The molecule has 1 aromatic heterocycles. The zero-order valence-electron chi connectivity index (χ0n) is 26.0. The van der Waals surface area contributed by atoms with Crippen LogP contribution in [-0.2, 0) is 27.3 Å². The van der Waals surface area contributed by atoms with Gasteiger partial charge in [0.2, 0.25) is 17.7 Å². The molecule has 0 unspecified atom stereocenters. The van der Waals surface area contributed by atoms with Gasteiger partial charge in [-0.05, 0) is 76.1 Å². The number of hydrogen-bond donors (Lipinski definition) is 3. The summed E-state index contributed by atoms with van der Waals surface area (Å²) in [7, 11) is 1.72. The number of fused-ring (bicyclic) bond motifs is 1. The molecule has 2 aliphatic heterocycles. The van der Waals surface area contributed by atoms with E-state index in [0.717, 1.165) is 61.9 Å². The molecule has 3 amide bonds. The quantitative estimate of drug-likeness (QED) is 0.311. The largest absolute Gasteiger partial charge is 0.343 e. The average Bonchev–Trinajstić information content (AvgIpc) is 3.66. The Bertz CT molecular complexity index is 1410. The molecule has 3 N–H and O–H groups in total. The van der Waals surface area contributed by atoms with Gasteiger partial charge in [-0.15, -0.1) is 5.10 Å². The van der Waals surface area contributed by atoms with Crippen LogP contribution in [0, 0.1) is 6.92 Å². The highest BCUT2D eigenvalue weighted by atomic mass is 16.2. The maximum atomic E-state index is 14.0. The standard InChI is InChI=1S/C34H45N7O3/c1-23-22-40(39-38-23)21-9-10-25-15-17-27(18-16-25)31(26-11-5-4-6-12-26)37-33(43)30-20-19-28-13-7-8-14-29(34(44)41(28)30)36-32(42)24(2)35-3/h4-6,11-12,15-18,22,24,28-31,35H,7-10,13-14,19-21H2,1-3H3,(H,36,42)(H,37,43)/t24-,28-,29-,30-,31-/m0/s1. The van der Waals surface area contributed by atoms with Crippen molar-refractivity contribution in [3.8, 4) is 0 Å². The van der Waals surface area contributed by atoms with Crippen molar-refractivity contribution < 1.29 is 14.4 Å². The van der Waals surface area contributed by atoms with Crippen molar-refractivity contribution in [2.75, 3.05) is 7.05 Å². The number of benzene rings is 2. The van der Waals surface area contributed by atoms with E-state index in [-0.39, 0.29) is 29.8 Å². The SMILES string of the molecule is CN[C@@H](C)C(=O)N[C@H]1CCCC[C@H]2CC[C@@H](C(=O)N[C@@H](c3ccccc3)c3ccc(CCCn4cc(C)nn4)cc3)N2C1=O. The highest BCUT2D eigenvalue weighted by Crippen LogP contribution is 2.32. The maximum absolute atomic E-state index is 14.0. The van der Waals surface area contributed by atoms with Gasteiger partial charge in [0.15, 0.2) is 0 Å². The van der Waals surface area contributed by atoms with Gasteiger partial charge in [-0.1, -0.05) is 72.7 Å². The first kappa shape index (κ1) is 31.4. The van der Waals surface area contributed by atoms with E-state index in [1.807, 2.05) is 48.1 Å². The molecular weight excluding hydrogens is 554 g/mol. The van der Waals surface area contributed by atoms with Crippen LogP contribution in [-0.4, -0.2) is 68.8 Å². The number of carbonyl (C=O) groups excluding carboxylic acids is 3. The molecule has 10 heteroatoms. The molecular formula is C34H45N7O3. The van der Waals surface area contributed by atoms with E-state index in [1.165, 1.54) is 5.56 Å². The van der Waals surface area contributed by atoms with Gasteiger partial charge >= 0.3 is 0 Å². The van der Waals surface area contributed by atoms with Crippen LogP contribution < -0.4 is 16.0 Å². The predicted octanol–water partition coefficient (Wildman–Crippen LogP) is 3.45. The minimum atomic E-state index is -0.624. The van der Waals surface area contributed by atoms with Crippen LogP contribution in [0.25, 0.3) is 0 Å². The van der Waals surface area contributed by atoms with Gasteiger partial charge in [-0.25, -0.2) is 0 Å². The molecule has 10 nitrogen and oxygen atoms in total. The van der Waals surface area contributed by atoms with Gasteiger partial charge in [0.05, 0.1) is 17.8 Å². The summed E-state index contributed by atoms with van der Waals surface area (Å²) >= 11 is 0. The van der Waals surface area contributed by atoms with E-state index in [2.05, 4.69) is 50.5 Å². The topological polar surface area (TPSA) is 121 Å². The summed E-state index contributed by atoms with van der Waals surface area (Å²) in [4.78, 5) is 42.4. The van der Waals surface area contributed by atoms with E-state index in [9.17, 15) is 14.4 Å². The van der Waals surface area contributed by atoms with Crippen LogP contribution in [0.15, 0.2) is 60.8 Å². The Morgan fingerprint density at radius 3 is 2.41 bits per heavy atom. The van der Waals surface area contributed by atoms with Gasteiger partial charge in [0.1, 0.15) is 12.1 Å². The molecule has 2 saturated heterocycles. The Kier molecular flexibility index (Phi) is 10.4. The zero-order chi connectivity index (χ0) is 31.1. The number of rotatable bonds is 11. The summed E-state index contributed by atoms with van der Waals surface area (Å²) in [5.41, 5.74) is 4.10. The number of nitrogens with one attached hydrogen (secondary N) is 3. The van der Waals surface area contributed by atoms with Gasteiger partial charge in [0, 0.05) is 18.8 Å². The Balaban J connectivity index is 1.30. The third kappa shape index (κ3) is 7.53. The highest BCUT2D eigenvalue weighted by Gasteiger charge is 2.44. The molecule has 2 aliphatic rings. The molecule has 0 spiro atoms. The third-order valence-electron chi connectivity index (χ3n) is 9.02. The fourth-order valence-electron chi connectivity index (χ4n) is 6.42. The molecule has 5 atom stereocenters. The van der Waals surface area contributed by atoms with Crippen LogP contribution in [0.1, 0.15) is 80.3 Å². The number of aryl methyl sites for hydroxylation is 3. The zero-order valence-corrected chi connectivity index (χ0v) is 26.0. The highest BCUT2D eigenvalue weighted by molar-refractivity contribution is 5.94. The first-order valence-electron chi connectivity index (χ1n) is 15.9. The Labute approximate surface area is 260 Å². The van der Waals surface area contributed by atoms with Gasteiger partial charge in [-0.2, -0.15) is 0 Å². The second kappa shape index (κ2) is 14.6. The second-order valence-electron chi connectivity index (χ2n) is 12.2. The van der Waals surface area contributed by atoms with Gasteiger partial charge in [0.25, 0.3) is 0 Å². The summed E-state index contributed by atoms with van der Waals surface area (Å²) in [6.45, 7) is 4.51. The minimum Gasteiger partial charge on any atom is -0.343 e. The smallest absolute Gasteiger partial charge is 0.246 e. The molecule has 2 aromatic carbocycles. The number of aromatic nitrogens is 3. The monoisotopic (exact) mass is 599 g/mol. The van der Waals surface area contributed by atoms with Crippen molar-refractivity contribution in [1.29, 1.82) is 0 Å². The summed E-state index contributed by atoms with van der Waals surface area (Å²) in [5.74, 6) is -0.508. The van der Waals surface area contributed by atoms with E-state index < -0.39 is 18.1 Å². The normalized spacial score (nSPS) is 21.6. The van der Waals surface area contributed by atoms with Crippen molar-refractivity contribution in [3.05, 3.63) is 83.2 Å². The Morgan fingerprint density at radius 1 is 0.977 bits per heavy atom. The Hall–Kier alpha value is -4.05. The molecule has 0 bridgehead atoms. The van der Waals surface area contributed by atoms with Crippen molar-refractivity contribution in [3.63, 3.8) is 0 Å². The molecule has 234 valence electrons. The molecule has 0 saturated carbocycles. The maximum Gasteiger partial charge on any atom is 0.246 e. The average molecular weight is 600 g/mol. The van der Waals surface area contributed by atoms with Crippen molar-refractivity contribution >= 4 is 17.7 Å². The lowest BCUT2D eigenvalue weighted by molar-refractivity contribution is -0.144. The lowest BCUT2D eigenvalue weighted by Crippen LogP contribution is -2.58. The van der Waals surface area contributed by atoms with E-state index in [1.54, 1.807) is 18.9 Å². The summed E-state index contributed by atoms with van der Waals surface area (Å²) < 4.78 is 1.87. The van der Waals surface area contributed by atoms with Crippen LogP contribution in [0.3, 0.4) is 0 Å². The first-order chi connectivity index (χ1) is 21.3. The molecule has 5 rings (SSSR count). The van der Waals surface area contributed by atoms with Crippen molar-refractivity contribution in [1.82, 2.24) is 35.8 Å². The molecule has 2 fully saturated rings. The molecule has 3 heterocycles. The molecule has 0 aliphatic carbocycles. The van der Waals surface area contributed by atoms with Gasteiger partial charge < -0.3 is 20.9 Å². The van der Waals surface area contributed by atoms with Gasteiger partial charge in [-0.3, -0.25) is 19.1 Å². The summed E-state index contributed by atoms with van der Waals surface area (Å²) in [6, 6.07) is 16.4. The predicted molar refractivity (Wildman–Crippen MR) is 169 cm³/mol. The number of amides is 3. The number of carbonyl (C=O) groups is 3. The lowest BCUT2D eigenvalue weighted by atomic mass is 9.96. The fourth-order valence-corrected chi connectivity index (χ4v) is 6.42. The van der Waals surface area contributed by atoms with Crippen molar-refractivity contribution in [2.45, 2.75) is 102 Å². The Morgan fingerprint density at radius 2 is 1.70 bits per heavy atom. The minimum absolute atomic E-state index is 0.00979.